The Morgan fingerprint density at radius 3 is 2.83 bits per heavy atom. The monoisotopic (exact) mass is 254 g/mol. The molecule has 0 atom stereocenters. The maximum absolute atomic E-state index is 12.4. The molecule has 6 nitrogen and oxygen atoms in total. The second-order valence-corrected chi connectivity index (χ2v) is 3.41. The Bertz CT molecular complexity index is 556. The van der Waals surface area contributed by atoms with Crippen molar-refractivity contribution in [2.24, 2.45) is 0 Å². The average molecular weight is 254 g/mol. The van der Waals surface area contributed by atoms with Crippen molar-refractivity contribution in [3.8, 4) is 11.3 Å². The summed E-state index contributed by atoms with van der Waals surface area (Å²) < 4.78 is 25.6. The molecule has 0 bridgehead atoms. The Morgan fingerprint density at radius 2 is 2.28 bits per heavy atom. The number of alkyl halides is 2. The van der Waals surface area contributed by atoms with E-state index in [4.69, 9.17) is 5.11 Å². The van der Waals surface area contributed by atoms with E-state index < -0.39 is 18.9 Å². The zero-order valence-electron chi connectivity index (χ0n) is 8.99. The van der Waals surface area contributed by atoms with Gasteiger partial charge in [-0.2, -0.15) is 0 Å². The molecule has 0 amide bonds. The number of hydrogen-bond acceptors (Lipinski definition) is 4. The van der Waals surface area contributed by atoms with Gasteiger partial charge in [-0.15, -0.1) is 5.10 Å². The quantitative estimate of drug-likeness (QED) is 0.889. The number of carboxylic acids is 1. The highest BCUT2D eigenvalue weighted by Gasteiger charge is 2.22. The van der Waals surface area contributed by atoms with Gasteiger partial charge in [-0.3, -0.25) is 4.98 Å². The lowest BCUT2D eigenvalue weighted by Crippen LogP contribution is -2.10. The van der Waals surface area contributed by atoms with Crippen molar-refractivity contribution in [3.63, 3.8) is 0 Å². The van der Waals surface area contributed by atoms with Crippen LogP contribution in [-0.2, 0) is 6.54 Å². The molecule has 0 fully saturated rings. The average Bonchev–Trinajstić information content (AvgIpc) is 2.73. The number of nitrogens with zero attached hydrogens (tertiary/aromatic N) is 4. The topological polar surface area (TPSA) is 80.9 Å². The minimum absolute atomic E-state index is 0.0240. The zero-order valence-corrected chi connectivity index (χ0v) is 8.99. The molecule has 2 aromatic heterocycles. The van der Waals surface area contributed by atoms with E-state index in [1.165, 1.54) is 12.4 Å². The molecule has 94 valence electrons. The van der Waals surface area contributed by atoms with Gasteiger partial charge < -0.3 is 5.11 Å². The van der Waals surface area contributed by atoms with E-state index in [9.17, 15) is 13.6 Å². The second-order valence-electron chi connectivity index (χ2n) is 3.41. The fourth-order valence-corrected chi connectivity index (χ4v) is 1.50. The van der Waals surface area contributed by atoms with E-state index in [1.54, 1.807) is 12.1 Å². The molecule has 18 heavy (non-hydrogen) atoms. The zero-order chi connectivity index (χ0) is 13.1. The van der Waals surface area contributed by atoms with E-state index in [0.29, 0.717) is 5.56 Å². The third-order valence-corrected chi connectivity index (χ3v) is 2.18. The molecule has 0 saturated carbocycles. The molecule has 2 rings (SSSR count). The summed E-state index contributed by atoms with van der Waals surface area (Å²) in [6.07, 6.45) is 0.210. The van der Waals surface area contributed by atoms with E-state index in [2.05, 4.69) is 15.3 Å². The van der Waals surface area contributed by atoms with Crippen LogP contribution in [0.15, 0.2) is 24.5 Å². The third-order valence-electron chi connectivity index (χ3n) is 2.18. The molecule has 1 N–H and O–H groups in total. The first-order valence-corrected chi connectivity index (χ1v) is 4.95. The molecule has 0 spiro atoms. The van der Waals surface area contributed by atoms with Gasteiger partial charge in [0.15, 0.2) is 5.69 Å². The number of hydrogen-bond donors (Lipinski definition) is 1. The van der Waals surface area contributed by atoms with Crippen molar-refractivity contribution in [2.75, 3.05) is 0 Å². The van der Waals surface area contributed by atoms with Gasteiger partial charge in [-0.1, -0.05) is 5.21 Å². The minimum atomic E-state index is -2.65. The van der Waals surface area contributed by atoms with Crippen LogP contribution in [0.2, 0.25) is 0 Å². The molecule has 2 aromatic rings. The Kier molecular flexibility index (Phi) is 3.26. The normalized spacial score (nSPS) is 10.8. The van der Waals surface area contributed by atoms with Gasteiger partial charge in [0.05, 0.1) is 0 Å². The lowest BCUT2D eigenvalue weighted by atomic mass is 10.1. The number of carbonyl (C=O) groups is 1. The molecule has 2 heterocycles. The first-order chi connectivity index (χ1) is 8.59. The molecule has 8 heteroatoms. The van der Waals surface area contributed by atoms with Gasteiger partial charge in [-0.05, 0) is 12.1 Å². The van der Waals surface area contributed by atoms with Crippen LogP contribution in [-0.4, -0.2) is 37.5 Å². The summed E-state index contributed by atoms with van der Waals surface area (Å²) in [5.41, 5.74) is 0.0279. The van der Waals surface area contributed by atoms with Gasteiger partial charge >= 0.3 is 5.97 Å². The summed E-state index contributed by atoms with van der Waals surface area (Å²) in [6.45, 7) is -0.718. The number of aromatic nitrogens is 4. The van der Waals surface area contributed by atoms with Gasteiger partial charge in [0, 0.05) is 18.0 Å². The van der Waals surface area contributed by atoms with Crippen LogP contribution in [0, 0.1) is 0 Å². The minimum Gasteiger partial charge on any atom is -0.476 e. The summed E-state index contributed by atoms with van der Waals surface area (Å²) in [6, 6.07) is 3.13. The van der Waals surface area contributed by atoms with Crippen LogP contribution in [0.25, 0.3) is 11.3 Å². The Balaban J connectivity index is 2.54. The molecule has 0 unspecified atom stereocenters. The van der Waals surface area contributed by atoms with Gasteiger partial charge in [-0.25, -0.2) is 18.3 Å². The number of aromatic carboxylic acids is 1. The number of rotatable bonds is 4. The largest absolute Gasteiger partial charge is 0.476 e. The Labute approximate surface area is 99.9 Å². The summed E-state index contributed by atoms with van der Waals surface area (Å²) in [5.74, 6) is -1.32. The highest BCUT2D eigenvalue weighted by Crippen LogP contribution is 2.21. The van der Waals surface area contributed by atoms with Crippen molar-refractivity contribution in [1.82, 2.24) is 20.0 Å². The molecule has 0 saturated heterocycles. The summed E-state index contributed by atoms with van der Waals surface area (Å²) in [7, 11) is 0. The Morgan fingerprint density at radius 1 is 1.50 bits per heavy atom. The molecule has 0 aromatic carbocycles. The fraction of sp³-hybridized carbons (Fsp3) is 0.200. The molecule has 0 aliphatic carbocycles. The summed E-state index contributed by atoms with van der Waals surface area (Å²) in [4.78, 5) is 14.8. The first kappa shape index (κ1) is 12.1. The van der Waals surface area contributed by atoms with Crippen molar-refractivity contribution >= 4 is 5.97 Å². The van der Waals surface area contributed by atoms with E-state index in [1.807, 2.05) is 0 Å². The van der Waals surface area contributed by atoms with E-state index in [-0.39, 0.29) is 11.4 Å². The standard InChI is InChI=1S/C10H8F2N4O2/c11-7(12)5-16-9(6-2-1-3-13-4-6)8(10(17)18)14-15-16/h1-4,7H,5H2,(H,17,18). The predicted octanol–water partition coefficient (Wildman–Crippen LogP) is 1.30. The molecule has 0 aliphatic rings. The van der Waals surface area contributed by atoms with Gasteiger partial charge in [0.1, 0.15) is 12.2 Å². The Hall–Kier alpha value is -2.38. The van der Waals surface area contributed by atoms with E-state index >= 15 is 0 Å². The van der Waals surface area contributed by atoms with Crippen LogP contribution in [0.3, 0.4) is 0 Å². The van der Waals surface area contributed by atoms with Crippen molar-refractivity contribution < 1.29 is 18.7 Å². The lowest BCUT2D eigenvalue weighted by molar-refractivity contribution is 0.0691. The third kappa shape index (κ3) is 2.31. The number of halogens is 2. The van der Waals surface area contributed by atoms with Crippen LogP contribution >= 0.6 is 0 Å². The van der Waals surface area contributed by atoms with Crippen molar-refractivity contribution in [2.45, 2.75) is 13.0 Å². The first-order valence-electron chi connectivity index (χ1n) is 4.95. The van der Waals surface area contributed by atoms with Crippen LogP contribution in [0.5, 0.6) is 0 Å². The van der Waals surface area contributed by atoms with Crippen LogP contribution in [0.4, 0.5) is 8.78 Å². The smallest absolute Gasteiger partial charge is 0.358 e. The fourth-order valence-electron chi connectivity index (χ4n) is 1.50. The predicted molar refractivity (Wildman–Crippen MR) is 56.2 cm³/mol. The molecule has 0 radical (unpaired) electrons. The maximum Gasteiger partial charge on any atom is 0.358 e. The maximum atomic E-state index is 12.4. The molecule has 0 aliphatic heterocycles. The van der Waals surface area contributed by atoms with Crippen LogP contribution in [0.1, 0.15) is 10.5 Å². The van der Waals surface area contributed by atoms with E-state index in [0.717, 1.165) is 4.68 Å². The number of pyridine rings is 1. The van der Waals surface area contributed by atoms with Crippen molar-refractivity contribution in [1.29, 1.82) is 0 Å². The highest BCUT2D eigenvalue weighted by atomic mass is 19.3. The number of carboxylic acid groups (broad SMARTS) is 1. The van der Waals surface area contributed by atoms with Gasteiger partial charge in [0.25, 0.3) is 6.43 Å². The summed E-state index contributed by atoms with van der Waals surface area (Å²) in [5, 5.41) is 15.8. The van der Waals surface area contributed by atoms with Gasteiger partial charge in [0.2, 0.25) is 0 Å². The lowest BCUT2D eigenvalue weighted by Gasteiger charge is -2.05. The SMILES string of the molecule is O=C(O)c1nnn(CC(F)F)c1-c1cccnc1. The second kappa shape index (κ2) is 4.86. The molecular weight excluding hydrogens is 246 g/mol. The summed E-state index contributed by atoms with van der Waals surface area (Å²) >= 11 is 0. The van der Waals surface area contributed by atoms with Crippen molar-refractivity contribution in [3.05, 3.63) is 30.2 Å². The molecular formula is C10H8F2N4O2. The van der Waals surface area contributed by atoms with Crippen LogP contribution < -0.4 is 0 Å². The highest BCUT2D eigenvalue weighted by molar-refractivity contribution is 5.92.